The minimum atomic E-state index is -0.120. The quantitative estimate of drug-likeness (QED) is 0.357. The molecular weight excluding hydrogens is 462 g/mol. The van der Waals surface area contributed by atoms with E-state index >= 15 is 0 Å². The average Bonchev–Trinajstić information content (AvgIpc) is 3.38. The molecule has 2 aromatic carbocycles. The Hall–Kier alpha value is -2.90. The first kappa shape index (κ1) is 20.4. The van der Waals surface area contributed by atoms with Crippen LogP contribution < -0.4 is 10.1 Å². The number of anilines is 1. The molecule has 7 heteroatoms. The van der Waals surface area contributed by atoms with Gasteiger partial charge in [0.15, 0.2) is 0 Å². The molecule has 1 amide bonds. The van der Waals surface area contributed by atoms with Crippen LogP contribution >= 0.6 is 27.3 Å². The number of para-hydroxylation sites is 1. The van der Waals surface area contributed by atoms with E-state index in [1.165, 1.54) is 11.3 Å². The summed E-state index contributed by atoms with van der Waals surface area (Å²) in [5.74, 6) is 0.739. The van der Waals surface area contributed by atoms with Gasteiger partial charge < -0.3 is 10.1 Å². The summed E-state index contributed by atoms with van der Waals surface area (Å²) < 4.78 is 8.66. The van der Waals surface area contributed by atoms with Gasteiger partial charge in [-0.05, 0) is 63.6 Å². The van der Waals surface area contributed by atoms with E-state index in [4.69, 9.17) is 4.74 Å². The van der Waals surface area contributed by atoms with Crippen LogP contribution in [0.25, 0.3) is 0 Å². The van der Waals surface area contributed by atoms with E-state index in [0.717, 1.165) is 32.6 Å². The largest absolute Gasteiger partial charge is 0.489 e. The number of hydrogen-bond acceptors (Lipinski definition) is 4. The van der Waals surface area contributed by atoms with Crippen molar-refractivity contribution < 1.29 is 9.53 Å². The van der Waals surface area contributed by atoms with Crippen LogP contribution in [-0.4, -0.2) is 15.7 Å². The van der Waals surface area contributed by atoms with Crippen molar-refractivity contribution in [3.05, 3.63) is 98.4 Å². The van der Waals surface area contributed by atoms with Crippen molar-refractivity contribution in [1.29, 1.82) is 0 Å². The van der Waals surface area contributed by atoms with Crippen molar-refractivity contribution in [3.8, 4) is 5.75 Å². The molecule has 30 heavy (non-hydrogen) atoms. The molecule has 0 aliphatic heterocycles. The molecule has 1 N–H and O–H groups in total. The Bertz CT molecular complexity index is 1150. The second-order valence-electron chi connectivity index (χ2n) is 6.88. The van der Waals surface area contributed by atoms with Gasteiger partial charge in [0.1, 0.15) is 12.4 Å². The molecule has 0 saturated carbocycles. The minimum absolute atomic E-state index is 0.120. The monoisotopic (exact) mass is 481 g/mol. The van der Waals surface area contributed by atoms with Crippen LogP contribution in [0.15, 0.2) is 76.8 Å². The van der Waals surface area contributed by atoms with Gasteiger partial charge in [0.2, 0.25) is 0 Å². The number of benzene rings is 2. The van der Waals surface area contributed by atoms with Crippen LogP contribution in [0.2, 0.25) is 0 Å². The minimum Gasteiger partial charge on any atom is -0.489 e. The molecule has 0 aliphatic carbocycles. The SMILES string of the molecule is Cc1ccccc1OCc1csc(C(=O)Nc2ccc(Cn3cc(Br)cn3)cc2)c1. The summed E-state index contributed by atoms with van der Waals surface area (Å²) in [6.07, 6.45) is 3.68. The van der Waals surface area contributed by atoms with Gasteiger partial charge in [-0.3, -0.25) is 9.48 Å². The first-order valence-electron chi connectivity index (χ1n) is 9.41. The topological polar surface area (TPSA) is 56.1 Å². The molecule has 5 nitrogen and oxygen atoms in total. The number of aromatic nitrogens is 2. The Morgan fingerprint density at radius 3 is 2.70 bits per heavy atom. The van der Waals surface area contributed by atoms with Crippen LogP contribution in [0.1, 0.15) is 26.4 Å². The maximum absolute atomic E-state index is 12.6. The highest BCUT2D eigenvalue weighted by Crippen LogP contribution is 2.21. The molecule has 0 atom stereocenters. The number of rotatable bonds is 7. The van der Waals surface area contributed by atoms with Gasteiger partial charge in [0.25, 0.3) is 5.91 Å². The lowest BCUT2D eigenvalue weighted by atomic mass is 10.2. The highest BCUT2D eigenvalue weighted by atomic mass is 79.9. The number of nitrogens with one attached hydrogen (secondary N) is 1. The van der Waals surface area contributed by atoms with Gasteiger partial charge >= 0.3 is 0 Å². The van der Waals surface area contributed by atoms with Crippen molar-refractivity contribution >= 4 is 38.9 Å². The molecule has 0 spiro atoms. The van der Waals surface area contributed by atoms with Crippen molar-refractivity contribution in [2.75, 3.05) is 5.32 Å². The normalized spacial score (nSPS) is 10.7. The van der Waals surface area contributed by atoms with Crippen molar-refractivity contribution in [1.82, 2.24) is 9.78 Å². The van der Waals surface area contributed by atoms with E-state index in [2.05, 4.69) is 26.3 Å². The van der Waals surface area contributed by atoms with E-state index in [9.17, 15) is 4.79 Å². The molecule has 0 unspecified atom stereocenters. The molecular formula is C23H20BrN3O2S. The Kier molecular flexibility index (Phi) is 6.30. The predicted octanol–water partition coefficient (Wildman–Crippen LogP) is 5.90. The number of ether oxygens (including phenoxy) is 1. The number of carbonyl (C=O) groups is 1. The number of hydrogen-bond donors (Lipinski definition) is 1. The van der Waals surface area contributed by atoms with E-state index in [0.29, 0.717) is 18.0 Å². The van der Waals surface area contributed by atoms with Crippen LogP contribution in [0.3, 0.4) is 0 Å². The number of thiophene rings is 1. The van der Waals surface area contributed by atoms with Crippen molar-refractivity contribution in [2.45, 2.75) is 20.1 Å². The fourth-order valence-electron chi connectivity index (χ4n) is 2.95. The first-order valence-corrected chi connectivity index (χ1v) is 11.1. The Balaban J connectivity index is 1.33. The highest BCUT2D eigenvalue weighted by Gasteiger charge is 2.10. The smallest absolute Gasteiger partial charge is 0.265 e. The second kappa shape index (κ2) is 9.28. The fraction of sp³-hybridized carbons (Fsp3) is 0.130. The predicted molar refractivity (Wildman–Crippen MR) is 123 cm³/mol. The van der Waals surface area contributed by atoms with E-state index in [1.807, 2.05) is 77.8 Å². The van der Waals surface area contributed by atoms with Gasteiger partial charge in [-0.15, -0.1) is 11.3 Å². The third kappa shape index (κ3) is 5.17. The Morgan fingerprint density at radius 2 is 1.97 bits per heavy atom. The van der Waals surface area contributed by atoms with Crippen LogP contribution in [0, 0.1) is 6.92 Å². The average molecular weight is 482 g/mol. The molecule has 0 bridgehead atoms. The molecule has 0 saturated heterocycles. The highest BCUT2D eigenvalue weighted by molar-refractivity contribution is 9.10. The molecule has 0 fully saturated rings. The molecule has 0 radical (unpaired) electrons. The zero-order valence-corrected chi connectivity index (χ0v) is 18.7. The summed E-state index contributed by atoms with van der Waals surface area (Å²) in [6, 6.07) is 17.6. The lowest BCUT2D eigenvalue weighted by molar-refractivity contribution is 0.103. The number of carbonyl (C=O) groups excluding carboxylic acids is 1. The standard InChI is InChI=1S/C23H20BrN3O2S/c1-16-4-2-3-5-21(16)29-14-18-10-22(30-15-18)23(28)26-20-8-6-17(7-9-20)12-27-13-19(24)11-25-27/h2-11,13,15H,12,14H2,1H3,(H,26,28). The molecule has 0 aliphatic rings. The first-order chi connectivity index (χ1) is 14.6. The number of nitrogens with zero attached hydrogens (tertiary/aromatic N) is 2. The molecule has 2 aromatic heterocycles. The summed E-state index contributed by atoms with van der Waals surface area (Å²) >= 11 is 4.81. The number of aryl methyl sites for hydroxylation is 1. The zero-order chi connectivity index (χ0) is 20.9. The van der Waals surface area contributed by atoms with Gasteiger partial charge in [-0.2, -0.15) is 5.10 Å². The lowest BCUT2D eigenvalue weighted by Gasteiger charge is -2.07. The van der Waals surface area contributed by atoms with Crippen molar-refractivity contribution in [2.24, 2.45) is 0 Å². The second-order valence-corrected chi connectivity index (χ2v) is 8.71. The van der Waals surface area contributed by atoms with Crippen LogP contribution in [0.4, 0.5) is 5.69 Å². The zero-order valence-electron chi connectivity index (χ0n) is 16.3. The summed E-state index contributed by atoms with van der Waals surface area (Å²) in [7, 11) is 0. The number of amides is 1. The Labute approximate surface area is 187 Å². The summed E-state index contributed by atoms with van der Waals surface area (Å²) in [5, 5.41) is 9.16. The lowest BCUT2D eigenvalue weighted by Crippen LogP contribution is -2.10. The van der Waals surface area contributed by atoms with Crippen molar-refractivity contribution in [3.63, 3.8) is 0 Å². The molecule has 152 valence electrons. The van der Waals surface area contributed by atoms with Crippen LogP contribution in [0.5, 0.6) is 5.75 Å². The number of halogens is 1. The maximum Gasteiger partial charge on any atom is 0.265 e. The van der Waals surface area contributed by atoms with Gasteiger partial charge in [0, 0.05) is 17.4 Å². The van der Waals surface area contributed by atoms with Gasteiger partial charge in [-0.1, -0.05) is 30.3 Å². The summed E-state index contributed by atoms with van der Waals surface area (Å²) in [5.41, 5.74) is 3.94. The van der Waals surface area contributed by atoms with Gasteiger partial charge in [0.05, 0.1) is 22.1 Å². The summed E-state index contributed by atoms with van der Waals surface area (Å²) in [4.78, 5) is 13.2. The van der Waals surface area contributed by atoms with Gasteiger partial charge in [-0.25, -0.2) is 0 Å². The molecule has 4 rings (SSSR count). The molecule has 4 aromatic rings. The Morgan fingerprint density at radius 1 is 1.17 bits per heavy atom. The fourth-order valence-corrected chi connectivity index (χ4v) is 4.07. The van der Waals surface area contributed by atoms with E-state index in [-0.39, 0.29) is 5.91 Å². The molecule has 2 heterocycles. The third-order valence-electron chi connectivity index (χ3n) is 4.52. The third-order valence-corrected chi connectivity index (χ3v) is 5.91. The van der Waals surface area contributed by atoms with E-state index in [1.54, 1.807) is 6.20 Å². The maximum atomic E-state index is 12.6. The van der Waals surface area contributed by atoms with Crippen LogP contribution in [-0.2, 0) is 13.2 Å². The summed E-state index contributed by atoms with van der Waals surface area (Å²) in [6.45, 7) is 3.13. The van der Waals surface area contributed by atoms with E-state index < -0.39 is 0 Å².